The fraction of sp³-hybridized carbons (Fsp3) is 0.316. The lowest BCUT2D eigenvalue weighted by atomic mass is 10.1. The summed E-state index contributed by atoms with van der Waals surface area (Å²) in [5.74, 6) is 0.383. The second kappa shape index (κ2) is 7.79. The Bertz CT molecular complexity index is 753. The van der Waals surface area contributed by atoms with Crippen molar-refractivity contribution in [2.75, 3.05) is 25.0 Å². The van der Waals surface area contributed by atoms with Crippen LogP contribution >= 0.6 is 0 Å². The summed E-state index contributed by atoms with van der Waals surface area (Å²) in [4.78, 5) is 30.7. The van der Waals surface area contributed by atoms with Crippen LogP contribution in [0.3, 0.4) is 0 Å². The molecule has 3 rings (SSSR count). The van der Waals surface area contributed by atoms with E-state index in [-0.39, 0.29) is 11.8 Å². The third kappa shape index (κ3) is 4.15. The van der Waals surface area contributed by atoms with E-state index < -0.39 is 0 Å². The topological polar surface area (TPSA) is 71.5 Å². The zero-order valence-electron chi connectivity index (χ0n) is 14.2. The van der Waals surface area contributed by atoms with Crippen LogP contribution in [0.25, 0.3) is 0 Å². The van der Waals surface area contributed by atoms with E-state index in [0.717, 1.165) is 31.7 Å². The molecule has 6 nitrogen and oxygen atoms in total. The number of aromatic nitrogens is 1. The summed E-state index contributed by atoms with van der Waals surface area (Å²) in [6, 6.07) is 8.73. The first kappa shape index (κ1) is 17.0. The molecule has 1 aromatic heterocycles. The highest BCUT2D eigenvalue weighted by atomic mass is 16.5. The molecule has 0 bridgehead atoms. The van der Waals surface area contributed by atoms with E-state index in [1.165, 1.54) is 12.4 Å². The summed E-state index contributed by atoms with van der Waals surface area (Å²) in [7, 11) is 0. The van der Waals surface area contributed by atoms with Gasteiger partial charge in [0.1, 0.15) is 5.75 Å². The second-order valence-electron chi connectivity index (χ2n) is 5.87. The minimum atomic E-state index is -0.298. The van der Waals surface area contributed by atoms with Gasteiger partial charge in [-0.3, -0.25) is 14.6 Å². The van der Waals surface area contributed by atoms with Crippen molar-refractivity contribution in [3.8, 4) is 5.75 Å². The lowest BCUT2D eigenvalue weighted by molar-refractivity contribution is 0.0792. The third-order valence-corrected chi connectivity index (χ3v) is 4.06. The van der Waals surface area contributed by atoms with Crippen molar-refractivity contribution >= 4 is 17.5 Å². The van der Waals surface area contributed by atoms with Crippen LogP contribution in [0.5, 0.6) is 5.75 Å². The fourth-order valence-electron chi connectivity index (χ4n) is 2.79. The molecule has 0 unspecified atom stereocenters. The lowest BCUT2D eigenvalue weighted by Gasteiger charge is -2.15. The van der Waals surface area contributed by atoms with Crippen molar-refractivity contribution in [3.05, 3.63) is 53.9 Å². The summed E-state index contributed by atoms with van der Waals surface area (Å²) >= 11 is 0. The van der Waals surface area contributed by atoms with Gasteiger partial charge >= 0.3 is 0 Å². The number of carbonyl (C=O) groups is 2. The van der Waals surface area contributed by atoms with Gasteiger partial charge in [0.15, 0.2) is 0 Å². The molecule has 0 aliphatic carbocycles. The van der Waals surface area contributed by atoms with Crippen molar-refractivity contribution in [2.24, 2.45) is 0 Å². The minimum Gasteiger partial charge on any atom is -0.494 e. The van der Waals surface area contributed by atoms with Gasteiger partial charge in [-0.25, -0.2) is 0 Å². The molecule has 1 aromatic carbocycles. The molecule has 1 aliphatic heterocycles. The Morgan fingerprint density at radius 1 is 1.12 bits per heavy atom. The Kier molecular flexibility index (Phi) is 5.28. The van der Waals surface area contributed by atoms with Crippen molar-refractivity contribution in [1.29, 1.82) is 0 Å². The summed E-state index contributed by atoms with van der Waals surface area (Å²) in [5, 5.41) is 2.80. The number of anilines is 1. The summed E-state index contributed by atoms with van der Waals surface area (Å²) in [6.45, 7) is 4.04. The molecule has 1 fully saturated rings. The number of pyridine rings is 1. The van der Waals surface area contributed by atoms with Gasteiger partial charge in [0.25, 0.3) is 11.8 Å². The van der Waals surface area contributed by atoms with Crippen molar-refractivity contribution in [1.82, 2.24) is 9.88 Å². The highest BCUT2D eigenvalue weighted by molar-refractivity contribution is 6.05. The summed E-state index contributed by atoms with van der Waals surface area (Å²) in [6.07, 6.45) is 5.02. The van der Waals surface area contributed by atoms with Crippen LogP contribution in [0.4, 0.5) is 5.69 Å². The Hall–Kier alpha value is -2.89. The van der Waals surface area contributed by atoms with Gasteiger partial charge < -0.3 is 15.0 Å². The van der Waals surface area contributed by atoms with Gasteiger partial charge in [-0.15, -0.1) is 0 Å². The largest absolute Gasteiger partial charge is 0.494 e. The van der Waals surface area contributed by atoms with Crippen LogP contribution in [-0.4, -0.2) is 41.4 Å². The highest BCUT2D eigenvalue weighted by Crippen LogP contribution is 2.17. The zero-order chi connectivity index (χ0) is 17.6. The molecule has 0 saturated carbocycles. The van der Waals surface area contributed by atoms with Gasteiger partial charge in [0.05, 0.1) is 17.7 Å². The number of nitrogens with one attached hydrogen (secondary N) is 1. The number of benzene rings is 1. The molecular formula is C19H21N3O3. The Morgan fingerprint density at radius 3 is 2.48 bits per heavy atom. The van der Waals surface area contributed by atoms with Gasteiger partial charge in [0.2, 0.25) is 0 Å². The van der Waals surface area contributed by atoms with E-state index in [1.54, 1.807) is 35.2 Å². The number of nitrogens with zero attached hydrogens (tertiary/aromatic N) is 2. The molecule has 1 N–H and O–H groups in total. The third-order valence-electron chi connectivity index (χ3n) is 4.06. The van der Waals surface area contributed by atoms with Gasteiger partial charge in [-0.2, -0.15) is 0 Å². The Morgan fingerprint density at radius 2 is 1.80 bits per heavy atom. The average molecular weight is 339 g/mol. The first-order valence-corrected chi connectivity index (χ1v) is 8.46. The van der Waals surface area contributed by atoms with Gasteiger partial charge in [0, 0.05) is 31.2 Å². The van der Waals surface area contributed by atoms with E-state index in [0.29, 0.717) is 23.4 Å². The number of likely N-dealkylation sites (tertiary alicyclic amines) is 1. The summed E-state index contributed by atoms with van der Waals surface area (Å²) < 4.78 is 5.38. The quantitative estimate of drug-likeness (QED) is 0.909. The molecule has 2 heterocycles. The Labute approximate surface area is 146 Å². The smallest absolute Gasteiger partial charge is 0.257 e. The summed E-state index contributed by atoms with van der Waals surface area (Å²) in [5.41, 5.74) is 1.46. The Balaban J connectivity index is 1.69. The number of hydrogen-bond acceptors (Lipinski definition) is 4. The fourth-order valence-corrected chi connectivity index (χ4v) is 2.79. The van der Waals surface area contributed by atoms with Gasteiger partial charge in [-0.05, 0) is 50.1 Å². The van der Waals surface area contributed by atoms with Crippen LogP contribution in [0.1, 0.15) is 40.5 Å². The lowest BCUT2D eigenvalue weighted by Crippen LogP contribution is -2.28. The second-order valence-corrected chi connectivity index (χ2v) is 5.87. The first-order chi connectivity index (χ1) is 12.2. The molecule has 0 spiro atoms. The number of hydrogen-bond donors (Lipinski definition) is 1. The van der Waals surface area contributed by atoms with Crippen molar-refractivity contribution < 1.29 is 14.3 Å². The molecule has 2 amide bonds. The van der Waals surface area contributed by atoms with E-state index >= 15 is 0 Å². The molecule has 0 radical (unpaired) electrons. The molecule has 130 valence electrons. The highest BCUT2D eigenvalue weighted by Gasteiger charge is 2.20. The van der Waals surface area contributed by atoms with Crippen LogP contribution in [-0.2, 0) is 0 Å². The monoisotopic (exact) mass is 339 g/mol. The molecule has 25 heavy (non-hydrogen) atoms. The molecule has 6 heteroatoms. The minimum absolute atomic E-state index is 0.0688. The number of ether oxygens (including phenoxy) is 1. The van der Waals surface area contributed by atoms with Crippen LogP contribution in [0.15, 0.2) is 42.7 Å². The SMILES string of the molecule is CCOc1ccc(NC(=O)c2cncc(C(=O)N3CCCC3)c2)cc1. The normalized spacial score (nSPS) is 13.6. The first-order valence-electron chi connectivity index (χ1n) is 8.46. The van der Waals surface area contributed by atoms with Crippen LogP contribution in [0.2, 0.25) is 0 Å². The molecule has 1 saturated heterocycles. The van der Waals surface area contributed by atoms with Crippen molar-refractivity contribution in [3.63, 3.8) is 0 Å². The maximum Gasteiger partial charge on any atom is 0.257 e. The molecular weight excluding hydrogens is 318 g/mol. The predicted molar refractivity (Wildman–Crippen MR) is 94.9 cm³/mol. The number of carbonyl (C=O) groups excluding carboxylic acids is 2. The van der Waals surface area contributed by atoms with Gasteiger partial charge in [-0.1, -0.05) is 0 Å². The maximum absolute atomic E-state index is 12.4. The number of rotatable bonds is 5. The van der Waals surface area contributed by atoms with Crippen molar-refractivity contribution in [2.45, 2.75) is 19.8 Å². The average Bonchev–Trinajstić information content (AvgIpc) is 3.18. The molecule has 0 atom stereocenters. The van der Waals surface area contributed by atoms with Crippen LogP contribution < -0.4 is 10.1 Å². The molecule has 2 aromatic rings. The standard InChI is InChI=1S/C19H21N3O3/c1-2-25-17-7-5-16(6-8-17)21-18(23)14-11-15(13-20-12-14)19(24)22-9-3-4-10-22/h5-8,11-13H,2-4,9-10H2,1H3,(H,21,23). The van der Waals surface area contributed by atoms with E-state index in [4.69, 9.17) is 4.74 Å². The molecule has 1 aliphatic rings. The zero-order valence-corrected chi connectivity index (χ0v) is 14.2. The van der Waals surface area contributed by atoms with Crippen LogP contribution in [0, 0.1) is 0 Å². The van der Waals surface area contributed by atoms with E-state index in [2.05, 4.69) is 10.3 Å². The predicted octanol–water partition coefficient (Wildman–Crippen LogP) is 2.97. The van der Waals surface area contributed by atoms with E-state index in [9.17, 15) is 9.59 Å². The number of amides is 2. The van der Waals surface area contributed by atoms with E-state index in [1.807, 2.05) is 6.92 Å². The maximum atomic E-state index is 12.4.